The van der Waals surface area contributed by atoms with Crippen molar-refractivity contribution in [1.82, 2.24) is 5.32 Å². The molecule has 1 N–H and O–H groups in total. The Morgan fingerprint density at radius 1 is 0.975 bits per heavy atom. The van der Waals surface area contributed by atoms with Gasteiger partial charge in [0.15, 0.2) is 17.3 Å². The van der Waals surface area contributed by atoms with Crippen molar-refractivity contribution in [1.29, 1.82) is 0 Å². The molecule has 0 fully saturated rings. The lowest BCUT2D eigenvalue weighted by atomic mass is 9.72. The molecule has 8 heteroatoms. The van der Waals surface area contributed by atoms with Gasteiger partial charge in [0.2, 0.25) is 5.75 Å². The van der Waals surface area contributed by atoms with Crippen LogP contribution in [-0.4, -0.2) is 39.7 Å². The van der Waals surface area contributed by atoms with Gasteiger partial charge in [0.1, 0.15) is 0 Å². The molecular weight excluding hydrogens is 526 g/mol. The lowest BCUT2D eigenvalue weighted by Crippen LogP contribution is -2.36. The number of dihydropyridines is 1. The van der Waals surface area contributed by atoms with E-state index in [1.54, 1.807) is 32.7 Å². The lowest BCUT2D eigenvalue weighted by molar-refractivity contribution is -0.139. The number of carbonyl (C=O) groups excluding carboxylic acids is 2. The van der Waals surface area contributed by atoms with Crippen LogP contribution in [0.15, 0.2) is 82.5 Å². The van der Waals surface area contributed by atoms with Gasteiger partial charge in [-0.2, -0.15) is 0 Å². The second-order valence-corrected chi connectivity index (χ2v) is 10.8. The Kier molecular flexibility index (Phi) is 8.26. The van der Waals surface area contributed by atoms with Crippen LogP contribution in [0.5, 0.6) is 17.2 Å². The zero-order valence-electron chi connectivity index (χ0n) is 23.1. The highest BCUT2D eigenvalue weighted by atomic mass is 32.1. The van der Waals surface area contributed by atoms with Crippen LogP contribution in [0.2, 0.25) is 0 Å². The fourth-order valence-electron chi connectivity index (χ4n) is 5.62. The Balaban J connectivity index is 1.55. The first-order valence-corrected chi connectivity index (χ1v) is 14.1. The van der Waals surface area contributed by atoms with Crippen molar-refractivity contribution in [2.75, 3.05) is 27.9 Å². The largest absolute Gasteiger partial charge is 0.493 e. The molecule has 5 rings (SSSR count). The summed E-state index contributed by atoms with van der Waals surface area (Å²) in [6, 6.07) is 17.6. The SMILES string of the molecule is COc1cc(C2C(C(=O)OCCc3ccccc3)=C(C)NC3=C2C(=O)CC(c2cccs2)C3)cc(OC)c1OC. The number of thiophene rings is 1. The highest BCUT2D eigenvalue weighted by Crippen LogP contribution is 2.49. The normalized spacial score (nSPS) is 18.6. The first-order chi connectivity index (χ1) is 19.4. The van der Waals surface area contributed by atoms with Gasteiger partial charge in [0.05, 0.1) is 33.5 Å². The molecule has 0 saturated heterocycles. The third-order valence-corrected chi connectivity index (χ3v) is 8.51. The highest BCUT2D eigenvalue weighted by molar-refractivity contribution is 7.10. The quantitative estimate of drug-likeness (QED) is 0.326. The first-order valence-electron chi connectivity index (χ1n) is 13.2. The van der Waals surface area contributed by atoms with Gasteiger partial charge < -0.3 is 24.3 Å². The number of carbonyl (C=O) groups is 2. The van der Waals surface area contributed by atoms with E-state index in [1.165, 1.54) is 4.88 Å². The molecule has 2 atom stereocenters. The van der Waals surface area contributed by atoms with E-state index in [-0.39, 0.29) is 18.3 Å². The van der Waals surface area contributed by atoms with Gasteiger partial charge in [-0.25, -0.2) is 4.79 Å². The minimum atomic E-state index is -0.647. The van der Waals surface area contributed by atoms with Gasteiger partial charge in [-0.1, -0.05) is 36.4 Å². The molecule has 208 valence electrons. The van der Waals surface area contributed by atoms with Crippen LogP contribution in [0.1, 0.15) is 47.6 Å². The summed E-state index contributed by atoms with van der Waals surface area (Å²) in [6.45, 7) is 2.09. The minimum Gasteiger partial charge on any atom is -0.493 e. The third kappa shape index (κ3) is 5.36. The maximum atomic E-state index is 13.9. The third-order valence-electron chi connectivity index (χ3n) is 7.48. The first kappa shape index (κ1) is 27.5. The molecule has 1 aromatic heterocycles. The van der Waals surface area contributed by atoms with Gasteiger partial charge in [-0.3, -0.25) is 4.79 Å². The summed E-state index contributed by atoms with van der Waals surface area (Å²) in [7, 11) is 4.64. The number of esters is 1. The molecule has 3 aromatic rings. The molecule has 2 heterocycles. The van der Waals surface area contributed by atoms with Crippen LogP contribution in [0.4, 0.5) is 0 Å². The van der Waals surface area contributed by atoms with Crippen LogP contribution >= 0.6 is 11.3 Å². The monoisotopic (exact) mass is 559 g/mol. The van der Waals surface area contributed by atoms with Crippen LogP contribution in [0.3, 0.4) is 0 Å². The molecule has 0 bridgehead atoms. The zero-order valence-corrected chi connectivity index (χ0v) is 23.9. The molecule has 1 aliphatic carbocycles. The average Bonchev–Trinajstić information content (AvgIpc) is 3.51. The molecule has 7 nitrogen and oxygen atoms in total. The average molecular weight is 560 g/mol. The number of methoxy groups -OCH3 is 3. The summed E-state index contributed by atoms with van der Waals surface area (Å²) in [5.74, 6) is 0.334. The number of benzene rings is 2. The fourth-order valence-corrected chi connectivity index (χ4v) is 6.45. The topological polar surface area (TPSA) is 83.1 Å². The number of hydrogen-bond donors (Lipinski definition) is 1. The molecule has 2 aliphatic rings. The van der Waals surface area contributed by atoms with E-state index < -0.39 is 11.9 Å². The van der Waals surface area contributed by atoms with Gasteiger partial charge >= 0.3 is 5.97 Å². The summed E-state index contributed by atoms with van der Waals surface area (Å²) < 4.78 is 22.6. The van der Waals surface area contributed by atoms with Crippen LogP contribution in [-0.2, 0) is 20.7 Å². The van der Waals surface area contributed by atoms with E-state index in [1.807, 2.05) is 60.8 Å². The van der Waals surface area contributed by atoms with E-state index in [4.69, 9.17) is 18.9 Å². The van der Waals surface area contributed by atoms with Gasteiger partial charge in [0.25, 0.3) is 0 Å². The molecule has 1 aliphatic heterocycles. The van der Waals surface area contributed by atoms with Gasteiger partial charge in [0, 0.05) is 46.5 Å². The predicted molar refractivity (Wildman–Crippen MR) is 154 cm³/mol. The Morgan fingerprint density at radius 2 is 1.70 bits per heavy atom. The molecule has 0 spiro atoms. The van der Waals surface area contributed by atoms with Crippen molar-refractivity contribution in [3.63, 3.8) is 0 Å². The Hall–Kier alpha value is -4.04. The van der Waals surface area contributed by atoms with Crippen LogP contribution in [0.25, 0.3) is 0 Å². The standard InChI is InChI=1S/C32H33NO6S/c1-19-28(32(35)39-13-12-20-9-6-5-7-10-20)29(22-17-25(36-2)31(38-4)26(18-22)37-3)30-23(33-19)15-21(16-24(30)34)27-11-8-14-40-27/h5-11,14,17-18,21,29,33H,12-13,15-16H2,1-4H3. The zero-order chi connectivity index (χ0) is 28.2. The Morgan fingerprint density at radius 3 is 2.33 bits per heavy atom. The predicted octanol–water partition coefficient (Wildman–Crippen LogP) is 5.92. The van der Waals surface area contributed by atoms with Gasteiger partial charge in [-0.05, 0) is 48.1 Å². The van der Waals surface area contributed by atoms with E-state index in [0.29, 0.717) is 58.9 Å². The second kappa shape index (κ2) is 12.0. The molecule has 2 unspecified atom stereocenters. The van der Waals surface area contributed by atoms with Crippen LogP contribution in [0, 0.1) is 0 Å². The highest BCUT2D eigenvalue weighted by Gasteiger charge is 2.42. The van der Waals surface area contributed by atoms with E-state index in [9.17, 15) is 9.59 Å². The summed E-state index contributed by atoms with van der Waals surface area (Å²) in [5.41, 5.74) is 4.28. The van der Waals surface area contributed by atoms with Crippen molar-refractivity contribution in [3.05, 3.63) is 98.5 Å². The van der Waals surface area contributed by atoms with Crippen molar-refractivity contribution in [2.45, 2.75) is 38.0 Å². The second-order valence-electron chi connectivity index (χ2n) is 9.86. The van der Waals surface area contributed by atoms with E-state index >= 15 is 0 Å². The number of hydrogen-bond acceptors (Lipinski definition) is 8. The van der Waals surface area contributed by atoms with Gasteiger partial charge in [-0.15, -0.1) is 11.3 Å². The molecule has 0 amide bonds. The molecule has 2 aromatic carbocycles. The smallest absolute Gasteiger partial charge is 0.336 e. The van der Waals surface area contributed by atoms with Crippen molar-refractivity contribution in [3.8, 4) is 17.2 Å². The number of ether oxygens (including phenoxy) is 4. The minimum absolute atomic E-state index is 0.00740. The maximum Gasteiger partial charge on any atom is 0.336 e. The Labute approximate surface area is 238 Å². The summed E-state index contributed by atoms with van der Waals surface area (Å²) in [6.07, 6.45) is 1.64. The van der Waals surface area contributed by atoms with E-state index in [2.05, 4.69) is 11.4 Å². The van der Waals surface area contributed by atoms with E-state index in [0.717, 1.165) is 11.3 Å². The molecule has 0 radical (unpaired) electrons. The van der Waals surface area contributed by atoms with Crippen molar-refractivity contribution < 1.29 is 28.5 Å². The fraction of sp³-hybridized carbons (Fsp3) is 0.312. The number of ketones is 1. The number of nitrogens with one attached hydrogen (secondary N) is 1. The Bertz CT molecular complexity index is 1430. The number of allylic oxidation sites excluding steroid dienone is 3. The summed E-state index contributed by atoms with van der Waals surface area (Å²) in [5, 5.41) is 5.45. The lowest BCUT2D eigenvalue weighted by Gasteiger charge is -2.36. The van der Waals surface area contributed by atoms with Crippen LogP contribution < -0.4 is 19.5 Å². The molecule has 0 saturated carbocycles. The van der Waals surface area contributed by atoms with Crippen molar-refractivity contribution in [2.24, 2.45) is 0 Å². The molecular formula is C32H33NO6S. The summed E-state index contributed by atoms with van der Waals surface area (Å²) >= 11 is 1.66. The van der Waals surface area contributed by atoms with Crippen molar-refractivity contribution >= 4 is 23.1 Å². The molecule has 40 heavy (non-hydrogen) atoms. The summed E-state index contributed by atoms with van der Waals surface area (Å²) in [4.78, 5) is 28.8. The number of Topliss-reactive ketones (excluding diaryl/α,β-unsaturated/α-hetero) is 1. The number of rotatable bonds is 9. The maximum absolute atomic E-state index is 13.9.